The lowest BCUT2D eigenvalue weighted by atomic mass is 10.1. The van der Waals surface area contributed by atoms with E-state index in [0.717, 1.165) is 21.9 Å². The molecule has 1 N–H and O–H groups in total. The standard InChI is InChI=1S/C30H37N3O6S/c1-6-19-31-30(35)23(3)32(20-24-13-15-25(38-4)16-14-24)29(34)21-33(27-9-7-8-10-28(27)39-5)40(36,37)26-17-11-22(2)12-18-26/h7-18,23H,6,19-21H2,1-5H3,(H,31,35)/t23-/m1/s1. The van der Waals surface area contributed by atoms with E-state index in [9.17, 15) is 18.0 Å². The fraction of sp³-hybridized carbons (Fsp3) is 0.333. The van der Waals surface area contributed by atoms with E-state index in [1.165, 1.54) is 24.1 Å². The molecular formula is C30H37N3O6S. The van der Waals surface area contributed by atoms with Gasteiger partial charge >= 0.3 is 0 Å². The van der Waals surface area contributed by atoms with Crippen molar-refractivity contribution in [3.63, 3.8) is 0 Å². The van der Waals surface area contributed by atoms with Gasteiger partial charge in [0.05, 0.1) is 24.8 Å². The maximum absolute atomic E-state index is 14.0. The highest BCUT2D eigenvalue weighted by Gasteiger charge is 2.33. The van der Waals surface area contributed by atoms with Crippen LogP contribution < -0.4 is 19.1 Å². The molecule has 9 nitrogen and oxygen atoms in total. The molecule has 214 valence electrons. The number of amides is 2. The van der Waals surface area contributed by atoms with Gasteiger partial charge in [0.2, 0.25) is 11.8 Å². The lowest BCUT2D eigenvalue weighted by Crippen LogP contribution is -2.51. The van der Waals surface area contributed by atoms with Gasteiger partial charge in [-0.05, 0) is 62.2 Å². The first-order valence-corrected chi connectivity index (χ1v) is 14.5. The Balaban J connectivity index is 2.04. The van der Waals surface area contributed by atoms with Crippen LogP contribution in [0.2, 0.25) is 0 Å². The van der Waals surface area contributed by atoms with Crippen LogP contribution in [0.4, 0.5) is 5.69 Å². The van der Waals surface area contributed by atoms with Gasteiger partial charge in [0.25, 0.3) is 10.0 Å². The minimum Gasteiger partial charge on any atom is -0.497 e. The predicted octanol–water partition coefficient (Wildman–Crippen LogP) is 4.15. The van der Waals surface area contributed by atoms with Gasteiger partial charge in [-0.1, -0.05) is 48.9 Å². The Kier molecular flexibility index (Phi) is 10.6. The Morgan fingerprint density at radius 1 is 0.925 bits per heavy atom. The van der Waals surface area contributed by atoms with Crippen molar-refractivity contribution in [1.82, 2.24) is 10.2 Å². The fourth-order valence-corrected chi connectivity index (χ4v) is 5.52. The number of para-hydroxylation sites is 2. The van der Waals surface area contributed by atoms with E-state index in [0.29, 0.717) is 18.0 Å². The number of sulfonamides is 1. The monoisotopic (exact) mass is 567 g/mol. The summed E-state index contributed by atoms with van der Waals surface area (Å²) in [6.07, 6.45) is 0.737. The molecule has 0 bridgehead atoms. The molecule has 2 amide bonds. The highest BCUT2D eigenvalue weighted by atomic mass is 32.2. The zero-order valence-corrected chi connectivity index (χ0v) is 24.4. The van der Waals surface area contributed by atoms with Crippen molar-refractivity contribution in [2.75, 3.05) is 31.6 Å². The van der Waals surface area contributed by atoms with Gasteiger partial charge in [0.1, 0.15) is 24.1 Å². The predicted molar refractivity (Wildman–Crippen MR) is 155 cm³/mol. The van der Waals surface area contributed by atoms with Crippen LogP contribution in [0.3, 0.4) is 0 Å². The van der Waals surface area contributed by atoms with E-state index in [2.05, 4.69) is 5.32 Å². The summed E-state index contributed by atoms with van der Waals surface area (Å²) < 4.78 is 39.6. The number of carbonyl (C=O) groups excluding carboxylic acids is 2. The molecule has 0 aliphatic heterocycles. The van der Waals surface area contributed by atoms with Crippen molar-refractivity contribution in [3.05, 3.63) is 83.9 Å². The van der Waals surface area contributed by atoms with Crippen LogP contribution >= 0.6 is 0 Å². The van der Waals surface area contributed by atoms with E-state index in [-0.39, 0.29) is 23.0 Å². The lowest BCUT2D eigenvalue weighted by Gasteiger charge is -2.32. The number of anilines is 1. The summed E-state index contributed by atoms with van der Waals surface area (Å²) in [6.45, 7) is 5.44. The molecule has 0 aliphatic rings. The molecule has 0 unspecified atom stereocenters. The van der Waals surface area contributed by atoms with Gasteiger partial charge in [-0.25, -0.2) is 8.42 Å². The first-order chi connectivity index (χ1) is 19.1. The Labute approximate surface area is 236 Å². The van der Waals surface area contributed by atoms with Crippen molar-refractivity contribution >= 4 is 27.5 Å². The summed E-state index contributed by atoms with van der Waals surface area (Å²) in [7, 11) is -1.19. The average Bonchev–Trinajstić information content (AvgIpc) is 2.97. The third kappa shape index (κ3) is 7.32. The van der Waals surface area contributed by atoms with Crippen LogP contribution in [0.25, 0.3) is 0 Å². The van der Waals surface area contributed by atoms with Crippen LogP contribution in [-0.4, -0.2) is 58.5 Å². The van der Waals surface area contributed by atoms with Gasteiger partial charge in [0, 0.05) is 13.1 Å². The number of benzene rings is 3. The molecule has 0 aromatic heterocycles. The van der Waals surface area contributed by atoms with E-state index >= 15 is 0 Å². The van der Waals surface area contributed by atoms with Gasteiger partial charge < -0.3 is 19.7 Å². The zero-order valence-electron chi connectivity index (χ0n) is 23.6. The first-order valence-electron chi connectivity index (χ1n) is 13.0. The number of methoxy groups -OCH3 is 2. The van der Waals surface area contributed by atoms with Gasteiger partial charge in [0.15, 0.2) is 0 Å². The lowest BCUT2D eigenvalue weighted by molar-refractivity contribution is -0.139. The summed E-state index contributed by atoms with van der Waals surface area (Å²) in [6, 6.07) is 19.3. The highest BCUT2D eigenvalue weighted by molar-refractivity contribution is 7.92. The molecule has 3 aromatic carbocycles. The summed E-state index contributed by atoms with van der Waals surface area (Å²) in [5.74, 6) is 0.0776. The molecule has 0 saturated heterocycles. The molecule has 0 aliphatic carbocycles. The Hall–Kier alpha value is -4.05. The van der Waals surface area contributed by atoms with E-state index in [4.69, 9.17) is 9.47 Å². The average molecular weight is 568 g/mol. The molecule has 3 aromatic rings. The topological polar surface area (TPSA) is 105 Å². The number of aryl methyl sites for hydroxylation is 1. The normalized spacial score (nSPS) is 11.8. The third-order valence-electron chi connectivity index (χ3n) is 6.47. The number of nitrogens with one attached hydrogen (secondary N) is 1. The minimum absolute atomic E-state index is 0.0345. The Morgan fingerprint density at radius 2 is 1.57 bits per heavy atom. The van der Waals surface area contributed by atoms with Gasteiger partial charge in [-0.3, -0.25) is 13.9 Å². The molecule has 0 fully saturated rings. The van der Waals surface area contributed by atoms with E-state index in [1.807, 2.05) is 13.8 Å². The zero-order chi connectivity index (χ0) is 29.3. The van der Waals surface area contributed by atoms with Crippen molar-refractivity contribution in [2.45, 2.75) is 44.7 Å². The molecule has 0 radical (unpaired) electrons. The van der Waals surface area contributed by atoms with E-state index in [1.54, 1.807) is 74.7 Å². The summed E-state index contributed by atoms with van der Waals surface area (Å²) >= 11 is 0. The van der Waals surface area contributed by atoms with Crippen LogP contribution in [0, 0.1) is 6.92 Å². The van der Waals surface area contributed by atoms with Crippen molar-refractivity contribution in [3.8, 4) is 11.5 Å². The second kappa shape index (κ2) is 13.8. The second-order valence-corrected chi connectivity index (χ2v) is 11.2. The van der Waals surface area contributed by atoms with Crippen LogP contribution in [-0.2, 0) is 26.2 Å². The number of rotatable bonds is 13. The number of hydrogen-bond donors (Lipinski definition) is 1. The summed E-state index contributed by atoms with van der Waals surface area (Å²) in [5.41, 5.74) is 1.87. The molecule has 0 spiro atoms. The molecule has 0 heterocycles. The largest absolute Gasteiger partial charge is 0.497 e. The molecule has 0 saturated carbocycles. The number of hydrogen-bond acceptors (Lipinski definition) is 6. The van der Waals surface area contributed by atoms with Crippen LogP contribution in [0.1, 0.15) is 31.4 Å². The second-order valence-electron chi connectivity index (χ2n) is 9.33. The fourth-order valence-electron chi connectivity index (χ4n) is 4.09. The summed E-state index contributed by atoms with van der Waals surface area (Å²) in [5, 5.41) is 2.83. The maximum atomic E-state index is 14.0. The molecule has 10 heteroatoms. The highest BCUT2D eigenvalue weighted by Crippen LogP contribution is 2.32. The first kappa shape index (κ1) is 30.5. The van der Waals surface area contributed by atoms with Crippen molar-refractivity contribution in [2.24, 2.45) is 0 Å². The SMILES string of the molecule is CCCNC(=O)[C@@H](C)N(Cc1ccc(OC)cc1)C(=O)CN(c1ccccc1OC)S(=O)(=O)c1ccc(C)cc1. The Bertz CT molecular complexity index is 1390. The number of ether oxygens (including phenoxy) is 2. The van der Waals surface area contributed by atoms with Gasteiger partial charge in [-0.15, -0.1) is 0 Å². The van der Waals surface area contributed by atoms with Crippen LogP contribution in [0.15, 0.2) is 77.7 Å². The molecular weight excluding hydrogens is 530 g/mol. The van der Waals surface area contributed by atoms with Crippen LogP contribution in [0.5, 0.6) is 11.5 Å². The molecule has 3 rings (SSSR count). The smallest absolute Gasteiger partial charge is 0.264 e. The molecule has 1 atom stereocenters. The minimum atomic E-state index is -4.19. The van der Waals surface area contributed by atoms with Gasteiger partial charge in [-0.2, -0.15) is 0 Å². The van der Waals surface area contributed by atoms with Crippen molar-refractivity contribution in [1.29, 1.82) is 0 Å². The number of nitrogens with zero attached hydrogens (tertiary/aromatic N) is 2. The third-order valence-corrected chi connectivity index (χ3v) is 8.24. The quantitative estimate of drug-likeness (QED) is 0.333. The van der Waals surface area contributed by atoms with E-state index < -0.39 is 28.5 Å². The number of carbonyl (C=O) groups is 2. The van der Waals surface area contributed by atoms with Crippen molar-refractivity contribution < 1.29 is 27.5 Å². The Morgan fingerprint density at radius 3 is 2.17 bits per heavy atom. The maximum Gasteiger partial charge on any atom is 0.264 e. The summed E-state index contributed by atoms with van der Waals surface area (Å²) in [4.78, 5) is 28.4. The molecule has 40 heavy (non-hydrogen) atoms.